The molecule has 4 heterocycles. The van der Waals surface area contributed by atoms with E-state index in [1.165, 1.54) is 32.0 Å². The lowest BCUT2D eigenvalue weighted by molar-refractivity contribution is -0.147. The Kier molecular flexibility index (Phi) is 4.82. The summed E-state index contributed by atoms with van der Waals surface area (Å²) in [5, 5.41) is 10.4. The van der Waals surface area contributed by atoms with Crippen LogP contribution in [0.5, 0.6) is 0 Å². The van der Waals surface area contributed by atoms with Crippen LogP contribution in [0.15, 0.2) is 6.33 Å². The highest BCUT2D eigenvalue weighted by molar-refractivity contribution is 5.95. The maximum absolute atomic E-state index is 13.4. The van der Waals surface area contributed by atoms with E-state index >= 15 is 0 Å². The molecule has 3 saturated heterocycles. The molecule has 0 spiro atoms. The van der Waals surface area contributed by atoms with Gasteiger partial charge in [0.25, 0.3) is 0 Å². The van der Waals surface area contributed by atoms with E-state index in [0.717, 1.165) is 32.2 Å². The molecule has 1 aromatic rings. The van der Waals surface area contributed by atoms with Gasteiger partial charge in [0, 0.05) is 31.2 Å². The molecule has 1 aliphatic carbocycles. The third kappa shape index (κ3) is 3.11. The molecule has 0 aromatic carbocycles. The number of likely N-dealkylation sites (tertiary alicyclic amines) is 1. The zero-order valence-corrected chi connectivity index (χ0v) is 16.3. The predicted molar refractivity (Wildman–Crippen MR) is 103 cm³/mol. The van der Waals surface area contributed by atoms with Gasteiger partial charge in [0.05, 0.1) is 11.8 Å². The molecule has 152 valence electrons. The van der Waals surface area contributed by atoms with E-state index in [2.05, 4.69) is 25.4 Å². The Hall–Kier alpha value is -1.96. The second-order valence-electron chi connectivity index (χ2n) is 8.88. The van der Waals surface area contributed by atoms with Crippen LogP contribution < -0.4 is 10.2 Å². The molecule has 28 heavy (non-hydrogen) atoms. The number of carbonyl (C=O) groups is 2. The summed E-state index contributed by atoms with van der Waals surface area (Å²) in [4.78, 5) is 34.5. The molecule has 8 heteroatoms. The Labute approximate surface area is 165 Å². The number of aromatic amines is 1. The summed E-state index contributed by atoms with van der Waals surface area (Å²) in [6, 6.07) is 0.798. The maximum atomic E-state index is 13.4. The topological polar surface area (TPSA) is 94.2 Å². The van der Waals surface area contributed by atoms with E-state index in [0.29, 0.717) is 25.0 Å². The number of rotatable bonds is 2. The fraction of sp³-hybridized carbons (Fsp3) is 0.800. The summed E-state index contributed by atoms with van der Waals surface area (Å²) >= 11 is 0. The van der Waals surface area contributed by atoms with Crippen molar-refractivity contribution in [3.05, 3.63) is 6.33 Å². The van der Waals surface area contributed by atoms with Crippen molar-refractivity contribution in [2.75, 3.05) is 18.0 Å². The first-order valence-electron chi connectivity index (χ1n) is 11.0. The molecular weight excluding hydrogens is 356 g/mol. The van der Waals surface area contributed by atoms with Crippen LogP contribution in [0.1, 0.15) is 57.8 Å². The fourth-order valence-corrected chi connectivity index (χ4v) is 5.88. The molecule has 4 fully saturated rings. The average molecular weight is 386 g/mol. The van der Waals surface area contributed by atoms with E-state index in [-0.39, 0.29) is 35.7 Å². The minimum atomic E-state index is -0.155. The van der Waals surface area contributed by atoms with Crippen LogP contribution in [-0.2, 0) is 9.59 Å². The third-order valence-electron chi connectivity index (χ3n) is 7.36. The molecule has 5 rings (SSSR count). The smallest absolute Gasteiger partial charge is 0.234 e. The molecule has 4 aliphatic rings. The highest BCUT2D eigenvalue weighted by atomic mass is 16.2. The number of carbonyl (C=O) groups excluding carboxylic acids is 2. The molecule has 1 saturated carbocycles. The fourth-order valence-electron chi connectivity index (χ4n) is 5.88. The number of aromatic nitrogens is 3. The van der Waals surface area contributed by atoms with Crippen LogP contribution in [0.3, 0.4) is 0 Å². The first kappa shape index (κ1) is 18.1. The van der Waals surface area contributed by atoms with E-state index < -0.39 is 0 Å². The highest BCUT2D eigenvalue weighted by Crippen LogP contribution is 2.38. The van der Waals surface area contributed by atoms with E-state index in [4.69, 9.17) is 0 Å². The second-order valence-corrected chi connectivity index (χ2v) is 8.88. The highest BCUT2D eigenvalue weighted by Gasteiger charge is 2.50. The first-order chi connectivity index (χ1) is 13.7. The van der Waals surface area contributed by atoms with Crippen molar-refractivity contribution in [3.8, 4) is 0 Å². The number of fused-ring (bicyclic) bond motifs is 2. The van der Waals surface area contributed by atoms with Gasteiger partial charge in [-0.05, 0) is 32.1 Å². The summed E-state index contributed by atoms with van der Waals surface area (Å²) in [5.41, 5.74) is 0. The zero-order valence-electron chi connectivity index (χ0n) is 16.3. The zero-order chi connectivity index (χ0) is 19.1. The van der Waals surface area contributed by atoms with Gasteiger partial charge in [-0.15, -0.1) is 0 Å². The Morgan fingerprint density at radius 3 is 2.32 bits per heavy atom. The van der Waals surface area contributed by atoms with Crippen molar-refractivity contribution in [1.82, 2.24) is 25.4 Å². The summed E-state index contributed by atoms with van der Waals surface area (Å²) in [5.74, 6) is 0.632. The Morgan fingerprint density at radius 2 is 1.61 bits per heavy atom. The first-order valence-corrected chi connectivity index (χ1v) is 11.0. The minimum absolute atomic E-state index is 0.0679. The molecule has 2 N–H and O–H groups in total. The Morgan fingerprint density at radius 1 is 0.893 bits per heavy atom. The number of anilines is 1. The van der Waals surface area contributed by atoms with Gasteiger partial charge in [0.2, 0.25) is 17.8 Å². The van der Waals surface area contributed by atoms with E-state index in [1.807, 2.05) is 0 Å². The van der Waals surface area contributed by atoms with Gasteiger partial charge < -0.3 is 10.2 Å². The van der Waals surface area contributed by atoms with E-state index in [9.17, 15) is 9.59 Å². The number of H-pyrrole nitrogens is 1. The number of nitrogens with zero attached hydrogens (tertiary/aromatic N) is 4. The number of amides is 2. The number of piperidine rings is 3. The summed E-state index contributed by atoms with van der Waals surface area (Å²) in [6.45, 7) is 1.51. The van der Waals surface area contributed by atoms with Gasteiger partial charge in [-0.2, -0.15) is 10.1 Å². The number of hydrogen-bond acceptors (Lipinski definition) is 5. The van der Waals surface area contributed by atoms with Gasteiger partial charge in [0.1, 0.15) is 6.33 Å². The monoisotopic (exact) mass is 386 g/mol. The maximum Gasteiger partial charge on any atom is 0.234 e. The van der Waals surface area contributed by atoms with Crippen LogP contribution >= 0.6 is 0 Å². The van der Waals surface area contributed by atoms with Crippen LogP contribution in [-0.4, -0.2) is 63.1 Å². The van der Waals surface area contributed by atoms with Crippen LogP contribution in [0, 0.1) is 11.8 Å². The van der Waals surface area contributed by atoms with Crippen LogP contribution in [0.2, 0.25) is 0 Å². The summed E-state index contributed by atoms with van der Waals surface area (Å²) in [6.07, 6.45) is 11.3. The average Bonchev–Trinajstić information content (AvgIpc) is 3.10. The molecule has 2 amide bonds. The Bertz CT molecular complexity index is 714. The standard InChI is InChI=1S/C20H30N6O2/c27-18-14-11-15-17(8-10-26(19(15)28)20-21-12-22-24-20)23-16(14)7-9-25(18)13-5-3-1-2-4-6-13/h12-17,23H,1-11H2,(H,21,22,24). The van der Waals surface area contributed by atoms with Gasteiger partial charge in [0.15, 0.2) is 0 Å². The summed E-state index contributed by atoms with van der Waals surface area (Å²) < 4.78 is 0. The number of nitrogens with one attached hydrogen (secondary N) is 2. The van der Waals surface area contributed by atoms with Gasteiger partial charge in [-0.25, -0.2) is 5.10 Å². The van der Waals surface area contributed by atoms with Gasteiger partial charge in [-0.1, -0.05) is 25.7 Å². The molecular formula is C20H30N6O2. The SMILES string of the molecule is O=C1C2CC3C(=O)N(C4CCCCCC4)CCC3NC2CCN1c1ncn[nH]1. The largest absolute Gasteiger partial charge is 0.339 e. The molecule has 4 atom stereocenters. The molecule has 4 unspecified atom stereocenters. The van der Waals surface area contributed by atoms with Crippen molar-refractivity contribution in [1.29, 1.82) is 0 Å². The second kappa shape index (κ2) is 7.46. The lowest BCUT2D eigenvalue weighted by atomic mass is 9.73. The van der Waals surface area contributed by atoms with Gasteiger partial charge >= 0.3 is 0 Å². The van der Waals surface area contributed by atoms with Crippen molar-refractivity contribution >= 4 is 17.8 Å². The van der Waals surface area contributed by atoms with E-state index in [1.54, 1.807) is 4.90 Å². The quantitative estimate of drug-likeness (QED) is 0.751. The summed E-state index contributed by atoms with van der Waals surface area (Å²) in [7, 11) is 0. The van der Waals surface area contributed by atoms with Crippen molar-refractivity contribution in [2.24, 2.45) is 11.8 Å². The van der Waals surface area contributed by atoms with Crippen molar-refractivity contribution in [2.45, 2.75) is 75.9 Å². The predicted octanol–water partition coefficient (Wildman–Crippen LogP) is 1.46. The van der Waals surface area contributed by atoms with Gasteiger partial charge in [-0.3, -0.25) is 14.5 Å². The van der Waals surface area contributed by atoms with Crippen LogP contribution in [0.25, 0.3) is 0 Å². The molecule has 0 radical (unpaired) electrons. The minimum Gasteiger partial charge on any atom is -0.339 e. The molecule has 0 bridgehead atoms. The lowest BCUT2D eigenvalue weighted by Crippen LogP contribution is -2.66. The van der Waals surface area contributed by atoms with Crippen molar-refractivity contribution < 1.29 is 9.59 Å². The molecule has 3 aliphatic heterocycles. The normalized spacial score (nSPS) is 34.7. The number of hydrogen-bond donors (Lipinski definition) is 2. The Balaban J connectivity index is 1.32. The van der Waals surface area contributed by atoms with Crippen molar-refractivity contribution in [3.63, 3.8) is 0 Å². The lowest BCUT2D eigenvalue weighted by Gasteiger charge is -2.50. The van der Waals surface area contributed by atoms with Crippen LogP contribution in [0.4, 0.5) is 5.95 Å². The molecule has 8 nitrogen and oxygen atoms in total. The molecule has 1 aromatic heterocycles. The third-order valence-corrected chi connectivity index (χ3v) is 7.36.